The van der Waals surface area contributed by atoms with Gasteiger partial charge in [-0.3, -0.25) is 5.32 Å². The first-order valence-corrected chi connectivity index (χ1v) is 13.0. The number of nitrogens with zero attached hydrogens (tertiary/aromatic N) is 2. The number of nitrogens with two attached hydrogens (primary N) is 1. The van der Waals surface area contributed by atoms with Crippen LogP contribution >= 0.6 is 0 Å². The maximum Gasteiger partial charge on any atom is 0.318 e. The molecule has 7 nitrogen and oxygen atoms in total. The van der Waals surface area contributed by atoms with E-state index in [4.69, 9.17) is 14.9 Å². The Balaban J connectivity index is 1.16. The monoisotopic (exact) mass is 476 g/mol. The fourth-order valence-corrected chi connectivity index (χ4v) is 5.41. The Morgan fingerprint density at radius 2 is 1.89 bits per heavy atom. The second-order valence-electron chi connectivity index (χ2n) is 9.61. The number of para-hydroxylation sites is 2. The summed E-state index contributed by atoms with van der Waals surface area (Å²) in [6, 6.07) is 13.9. The highest BCUT2D eigenvalue weighted by Gasteiger charge is 2.21. The number of rotatable bonds is 7. The molecule has 0 saturated carbocycles. The van der Waals surface area contributed by atoms with Crippen molar-refractivity contribution in [3.8, 4) is 5.75 Å². The smallest absolute Gasteiger partial charge is 0.318 e. The Hall–Kier alpha value is -3.19. The first-order chi connectivity index (χ1) is 17.2. The molecular weight excluding hydrogens is 440 g/mol. The number of fused-ring (bicyclic) bond motifs is 2. The summed E-state index contributed by atoms with van der Waals surface area (Å²) in [7, 11) is 0. The van der Waals surface area contributed by atoms with E-state index < -0.39 is 6.03 Å². The first kappa shape index (κ1) is 23.5. The largest absolute Gasteiger partial charge is 0.491 e. The van der Waals surface area contributed by atoms with E-state index in [1.165, 1.54) is 17.7 Å². The van der Waals surface area contributed by atoms with E-state index in [9.17, 15) is 4.79 Å². The lowest BCUT2D eigenvalue weighted by atomic mass is 10.1. The molecule has 2 aliphatic rings. The van der Waals surface area contributed by atoms with Crippen LogP contribution in [-0.4, -0.2) is 50.3 Å². The normalized spacial score (nSPS) is 16.9. The van der Waals surface area contributed by atoms with Crippen molar-refractivity contribution in [2.24, 2.45) is 5.73 Å². The van der Waals surface area contributed by atoms with Crippen LogP contribution in [0.15, 0.2) is 46.9 Å². The maximum atomic E-state index is 11.4. The Morgan fingerprint density at radius 3 is 2.80 bits per heavy atom. The van der Waals surface area contributed by atoms with E-state index in [0.717, 1.165) is 100 Å². The molecule has 35 heavy (non-hydrogen) atoms. The molecule has 1 fully saturated rings. The molecule has 3 N–H and O–H groups in total. The Kier molecular flexibility index (Phi) is 7.42. The van der Waals surface area contributed by atoms with Gasteiger partial charge in [-0.2, -0.15) is 0 Å². The van der Waals surface area contributed by atoms with Gasteiger partial charge in [-0.1, -0.05) is 30.3 Å². The van der Waals surface area contributed by atoms with Gasteiger partial charge < -0.3 is 24.7 Å². The van der Waals surface area contributed by atoms with Gasteiger partial charge in [0, 0.05) is 30.6 Å². The zero-order chi connectivity index (χ0) is 24.0. The quantitative estimate of drug-likeness (QED) is 0.460. The number of hydrogen-bond donors (Lipinski definition) is 2. The molecule has 0 aliphatic carbocycles. The van der Waals surface area contributed by atoms with Crippen molar-refractivity contribution < 1.29 is 13.9 Å². The molecule has 0 spiro atoms. The SMILES string of the molecule is NC(=O)Nc1oc2ccccc2c1CCCCN1CCCN(c2cccc3c2OCCCC3)CC1. The molecule has 1 aromatic heterocycles. The van der Waals surface area contributed by atoms with Crippen molar-refractivity contribution >= 4 is 28.6 Å². The number of hydrogen-bond acceptors (Lipinski definition) is 5. The summed E-state index contributed by atoms with van der Waals surface area (Å²) in [6.07, 6.45) is 7.58. The molecule has 0 atom stereocenters. The molecule has 1 saturated heterocycles. The lowest BCUT2D eigenvalue weighted by molar-refractivity contribution is 0.259. The molecule has 7 heteroatoms. The number of amides is 2. The van der Waals surface area contributed by atoms with Crippen LogP contribution in [0.4, 0.5) is 16.4 Å². The third-order valence-electron chi connectivity index (χ3n) is 7.18. The predicted octanol–water partition coefficient (Wildman–Crippen LogP) is 5.17. The summed E-state index contributed by atoms with van der Waals surface area (Å²) >= 11 is 0. The van der Waals surface area contributed by atoms with E-state index >= 15 is 0 Å². The molecule has 186 valence electrons. The van der Waals surface area contributed by atoms with Crippen LogP contribution in [0, 0.1) is 0 Å². The van der Waals surface area contributed by atoms with E-state index in [0.29, 0.717) is 5.88 Å². The number of aryl methyl sites for hydroxylation is 2. The summed E-state index contributed by atoms with van der Waals surface area (Å²) < 4.78 is 12.0. The van der Waals surface area contributed by atoms with Crippen molar-refractivity contribution in [3.63, 3.8) is 0 Å². The summed E-state index contributed by atoms with van der Waals surface area (Å²) in [6.45, 7) is 6.18. The van der Waals surface area contributed by atoms with Crippen molar-refractivity contribution in [3.05, 3.63) is 53.6 Å². The number of anilines is 2. The number of furan rings is 1. The molecular formula is C28H36N4O3. The summed E-state index contributed by atoms with van der Waals surface area (Å²) in [5.41, 5.74) is 9.80. The molecule has 3 heterocycles. The Bertz CT molecular complexity index is 1160. The Morgan fingerprint density at radius 1 is 0.971 bits per heavy atom. The second-order valence-corrected chi connectivity index (χ2v) is 9.61. The van der Waals surface area contributed by atoms with E-state index in [1.807, 2.05) is 24.3 Å². The minimum Gasteiger partial charge on any atom is -0.491 e. The van der Waals surface area contributed by atoms with Gasteiger partial charge in [0.15, 0.2) is 0 Å². The molecule has 3 aromatic rings. The summed E-state index contributed by atoms with van der Waals surface area (Å²) in [5, 5.41) is 3.70. The van der Waals surface area contributed by atoms with E-state index in [-0.39, 0.29) is 0 Å². The number of benzene rings is 2. The third kappa shape index (κ3) is 5.56. The lowest BCUT2D eigenvalue weighted by Gasteiger charge is -2.26. The maximum absolute atomic E-state index is 11.4. The fraction of sp³-hybridized carbons (Fsp3) is 0.464. The van der Waals surface area contributed by atoms with Crippen LogP contribution in [0.3, 0.4) is 0 Å². The van der Waals surface area contributed by atoms with Crippen LogP contribution in [0.1, 0.15) is 43.2 Å². The van der Waals surface area contributed by atoms with Crippen LogP contribution in [0.5, 0.6) is 5.75 Å². The number of carbonyl (C=O) groups is 1. The molecule has 2 aliphatic heterocycles. The van der Waals surface area contributed by atoms with E-state index in [1.54, 1.807) is 0 Å². The van der Waals surface area contributed by atoms with Gasteiger partial charge in [-0.15, -0.1) is 0 Å². The van der Waals surface area contributed by atoms with E-state index in [2.05, 4.69) is 33.3 Å². The third-order valence-corrected chi connectivity index (χ3v) is 7.18. The lowest BCUT2D eigenvalue weighted by Crippen LogP contribution is -2.31. The molecule has 0 bridgehead atoms. The summed E-state index contributed by atoms with van der Waals surface area (Å²) in [4.78, 5) is 16.5. The number of primary amides is 1. The minimum absolute atomic E-state index is 0.480. The van der Waals surface area contributed by atoms with Gasteiger partial charge in [-0.05, 0) is 75.7 Å². The van der Waals surface area contributed by atoms with Crippen molar-refractivity contribution in [1.82, 2.24) is 4.90 Å². The fourth-order valence-electron chi connectivity index (χ4n) is 5.41. The van der Waals surface area contributed by atoms with Crippen molar-refractivity contribution in [2.45, 2.75) is 44.9 Å². The highest BCUT2D eigenvalue weighted by molar-refractivity contribution is 5.93. The molecule has 2 amide bonds. The number of ether oxygens (including phenoxy) is 1. The molecule has 5 rings (SSSR count). The van der Waals surface area contributed by atoms with Crippen molar-refractivity contribution in [2.75, 3.05) is 49.5 Å². The van der Waals surface area contributed by atoms with Gasteiger partial charge in [0.2, 0.25) is 5.88 Å². The van der Waals surface area contributed by atoms with Crippen LogP contribution in [0.25, 0.3) is 11.0 Å². The van der Waals surface area contributed by atoms with Gasteiger partial charge in [0.1, 0.15) is 11.3 Å². The number of nitrogens with one attached hydrogen (secondary N) is 1. The van der Waals surface area contributed by atoms with Crippen molar-refractivity contribution in [1.29, 1.82) is 0 Å². The second kappa shape index (κ2) is 11.0. The highest BCUT2D eigenvalue weighted by Crippen LogP contribution is 2.35. The van der Waals surface area contributed by atoms with Gasteiger partial charge >= 0.3 is 6.03 Å². The predicted molar refractivity (Wildman–Crippen MR) is 141 cm³/mol. The van der Waals surface area contributed by atoms with Gasteiger partial charge in [0.05, 0.1) is 12.3 Å². The molecule has 2 aromatic carbocycles. The van der Waals surface area contributed by atoms with Crippen LogP contribution in [-0.2, 0) is 12.8 Å². The van der Waals surface area contributed by atoms with Crippen LogP contribution < -0.4 is 20.7 Å². The zero-order valence-electron chi connectivity index (χ0n) is 20.4. The number of urea groups is 1. The number of carbonyl (C=O) groups excluding carboxylic acids is 1. The molecule has 0 unspecified atom stereocenters. The highest BCUT2D eigenvalue weighted by atomic mass is 16.5. The standard InChI is InChI=1S/C28H36N4O3/c29-28(33)30-27-23(22-11-1-2-14-25(22)35-27)12-3-5-15-31-16-8-17-32(19-18-31)24-13-7-10-21-9-4-6-20-34-26(21)24/h1-2,7,10-11,13-14H,3-6,8-9,12,15-20H2,(H3,29,30,33). The number of unbranched alkanes of at least 4 members (excludes halogenated alkanes) is 1. The van der Waals surface area contributed by atoms with Gasteiger partial charge in [-0.25, -0.2) is 4.79 Å². The average molecular weight is 477 g/mol. The topological polar surface area (TPSA) is 84.0 Å². The Labute approximate surface area is 207 Å². The molecule has 0 radical (unpaired) electrons. The van der Waals surface area contributed by atoms with Crippen LogP contribution in [0.2, 0.25) is 0 Å². The summed E-state index contributed by atoms with van der Waals surface area (Å²) in [5.74, 6) is 1.60. The van der Waals surface area contributed by atoms with Gasteiger partial charge in [0.25, 0.3) is 0 Å². The zero-order valence-corrected chi connectivity index (χ0v) is 20.4. The first-order valence-electron chi connectivity index (χ1n) is 13.0. The average Bonchev–Trinajstić information content (AvgIpc) is 3.04. The minimum atomic E-state index is -0.597.